The number of fused-ring (bicyclic) bond motifs is 1. The predicted molar refractivity (Wildman–Crippen MR) is 136 cm³/mol. The summed E-state index contributed by atoms with van der Waals surface area (Å²) in [7, 11) is 0. The first-order chi connectivity index (χ1) is 17.4. The number of hydrogen-bond donors (Lipinski definition) is 3. The van der Waals surface area contributed by atoms with E-state index in [0.717, 1.165) is 11.8 Å². The standard InChI is InChI=1S/C25H26F2N6O3S/c1-5-8-36-19-12-29-17(11-30-19)20(34)31-14-6-7-16(27)15(9-14)24(4)18-10-25(18,37-22(28)33-24)21(35)32-23(2,3)13-26/h1,6-7,9,11-12,18H,8,10,13H2,2-4H3,(H2,28,33)(H,31,34)(H,32,35)/t18-,24+,25-/m0/s1. The summed E-state index contributed by atoms with van der Waals surface area (Å²) >= 11 is 1.11. The Balaban J connectivity index is 1.57. The second-order valence-corrected chi connectivity index (χ2v) is 11.0. The summed E-state index contributed by atoms with van der Waals surface area (Å²) in [4.78, 5) is 38.4. The van der Waals surface area contributed by atoms with Crippen molar-refractivity contribution in [2.24, 2.45) is 16.6 Å². The van der Waals surface area contributed by atoms with Gasteiger partial charge in [-0.25, -0.2) is 18.7 Å². The van der Waals surface area contributed by atoms with Gasteiger partial charge in [-0.05, 0) is 45.4 Å². The molecular weight excluding hydrogens is 502 g/mol. The molecule has 1 aromatic carbocycles. The molecule has 12 heteroatoms. The van der Waals surface area contributed by atoms with Crippen molar-refractivity contribution < 1.29 is 23.1 Å². The zero-order valence-electron chi connectivity index (χ0n) is 20.5. The van der Waals surface area contributed by atoms with Crippen LogP contribution in [-0.4, -0.2) is 50.5 Å². The molecule has 0 unspecified atom stereocenters. The Kier molecular flexibility index (Phi) is 6.85. The van der Waals surface area contributed by atoms with E-state index in [9.17, 15) is 14.0 Å². The van der Waals surface area contributed by atoms with Gasteiger partial charge in [0.25, 0.3) is 5.91 Å². The number of alkyl halides is 1. The number of terminal acetylenes is 1. The summed E-state index contributed by atoms with van der Waals surface area (Å²) in [6, 6.07) is 4.08. The van der Waals surface area contributed by atoms with E-state index in [4.69, 9.17) is 16.9 Å². The Morgan fingerprint density at radius 2 is 2.11 bits per heavy atom. The number of nitrogens with two attached hydrogens (primary N) is 1. The number of aliphatic imine (C=N–C) groups is 1. The lowest BCUT2D eigenvalue weighted by Crippen LogP contribution is -2.52. The van der Waals surface area contributed by atoms with E-state index in [1.807, 2.05) is 0 Å². The van der Waals surface area contributed by atoms with Gasteiger partial charge in [-0.1, -0.05) is 17.7 Å². The lowest BCUT2D eigenvalue weighted by Gasteiger charge is -2.35. The Morgan fingerprint density at radius 1 is 1.35 bits per heavy atom. The zero-order valence-corrected chi connectivity index (χ0v) is 21.3. The minimum Gasteiger partial charge on any atom is -0.463 e. The summed E-state index contributed by atoms with van der Waals surface area (Å²) in [5.74, 6) is 0.568. The second kappa shape index (κ2) is 9.63. The van der Waals surface area contributed by atoms with Crippen LogP contribution >= 0.6 is 11.8 Å². The van der Waals surface area contributed by atoms with Crippen molar-refractivity contribution in [1.82, 2.24) is 15.3 Å². The van der Waals surface area contributed by atoms with E-state index in [2.05, 4.69) is 31.5 Å². The molecule has 4 N–H and O–H groups in total. The van der Waals surface area contributed by atoms with Crippen LogP contribution < -0.4 is 21.1 Å². The van der Waals surface area contributed by atoms with Gasteiger partial charge in [0.2, 0.25) is 11.8 Å². The van der Waals surface area contributed by atoms with Crippen molar-refractivity contribution in [1.29, 1.82) is 0 Å². The van der Waals surface area contributed by atoms with Crippen LogP contribution in [0.2, 0.25) is 0 Å². The van der Waals surface area contributed by atoms with Crippen molar-refractivity contribution in [3.8, 4) is 18.2 Å². The molecule has 3 atom stereocenters. The van der Waals surface area contributed by atoms with E-state index >= 15 is 4.39 Å². The minimum absolute atomic E-state index is 0.00911. The minimum atomic E-state index is -1.19. The van der Waals surface area contributed by atoms with E-state index in [1.54, 1.807) is 20.8 Å². The third-order valence-corrected chi connectivity index (χ3v) is 7.62. The van der Waals surface area contributed by atoms with Gasteiger partial charge in [0.15, 0.2) is 11.8 Å². The summed E-state index contributed by atoms with van der Waals surface area (Å²) in [6.07, 6.45) is 8.01. The number of nitrogens with one attached hydrogen (secondary N) is 2. The first kappa shape index (κ1) is 26.3. The number of nitrogens with zero attached hydrogens (tertiary/aromatic N) is 3. The molecule has 1 saturated carbocycles. The van der Waals surface area contributed by atoms with Crippen molar-refractivity contribution in [2.75, 3.05) is 18.6 Å². The fourth-order valence-corrected chi connectivity index (χ4v) is 5.70. The highest BCUT2D eigenvalue weighted by molar-refractivity contribution is 8.15. The number of rotatable bonds is 8. The molecule has 2 aliphatic rings. The van der Waals surface area contributed by atoms with Crippen LogP contribution in [0.25, 0.3) is 0 Å². The maximum absolute atomic E-state index is 15.1. The lowest BCUT2D eigenvalue weighted by molar-refractivity contribution is -0.123. The van der Waals surface area contributed by atoms with Gasteiger partial charge in [-0.3, -0.25) is 14.6 Å². The smallest absolute Gasteiger partial charge is 0.275 e. The van der Waals surface area contributed by atoms with Gasteiger partial charge in [-0.15, -0.1) is 6.42 Å². The number of aromatic nitrogens is 2. The van der Waals surface area contributed by atoms with Gasteiger partial charge in [0.1, 0.15) is 22.9 Å². The first-order valence-electron chi connectivity index (χ1n) is 11.4. The summed E-state index contributed by atoms with van der Waals surface area (Å²) in [5, 5.41) is 5.52. The van der Waals surface area contributed by atoms with E-state index < -0.39 is 40.1 Å². The Morgan fingerprint density at radius 3 is 2.76 bits per heavy atom. The van der Waals surface area contributed by atoms with Crippen LogP contribution in [0.4, 0.5) is 14.5 Å². The molecule has 1 aliphatic heterocycles. The van der Waals surface area contributed by atoms with Crippen LogP contribution in [-0.2, 0) is 10.3 Å². The van der Waals surface area contributed by atoms with Gasteiger partial charge in [0.05, 0.1) is 23.5 Å². The molecule has 0 spiro atoms. The predicted octanol–water partition coefficient (Wildman–Crippen LogP) is 2.78. The third kappa shape index (κ3) is 5.09. The summed E-state index contributed by atoms with van der Waals surface area (Å²) in [5.41, 5.74) is 4.33. The number of hydrogen-bond acceptors (Lipinski definition) is 8. The normalized spacial score (nSPS) is 24.2. The Bertz CT molecular complexity index is 1310. The third-order valence-electron chi connectivity index (χ3n) is 6.32. The number of amidine groups is 1. The zero-order chi connectivity index (χ0) is 27.0. The molecule has 1 aliphatic carbocycles. The topological polar surface area (TPSA) is 132 Å². The van der Waals surface area contributed by atoms with Gasteiger partial charge >= 0.3 is 0 Å². The highest BCUT2D eigenvalue weighted by atomic mass is 32.2. The van der Waals surface area contributed by atoms with Crippen molar-refractivity contribution in [2.45, 2.75) is 43.0 Å². The molecule has 9 nitrogen and oxygen atoms in total. The molecule has 194 valence electrons. The van der Waals surface area contributed by atoms with Crippen LogP contribution in [0.1, 0.15) is 43.2 Å². The molecule has 0 radical (unpaired) electrons. The number of thioether (sulfide) groups is 1. The first-order valence-corrected chi connectivity index (χ1v) is 12.2. The molecular formula is C25H26F2N6O3S. The van der Waals surface area contributed by atoms with E-state index in [1.165, 1.54) is 30.6 Å². The fourth-order valence-electron chi connectivity index (χ4n) is 4.33. The largest absolute Gasteiger partial charge is 0.463 e. The highest BCUT2D eigenvalue weighted by Crippen LogP contribution is 2.66. The number of ether oxygens (including phenoxy) is 1. The molecule has 2 aromatic rings. The van der Waals surface area contributed by atoms with Crippen LogP contribution in [0.15, 0.2) is 35.6 Å². The Hall–Kier alpha value is -3.72. The lowest BCUT2D eigenvalue weighted by atomic mass is 9.85. The quantitative estimate of drug-likeness (QED) is 0.449. The van der Waals surface area contributed by atoms with E-state index in [0.29, 0.717) is 12.1 Å². The molecule has 1 fully saturated rings. The molecule has 2 heterocycles. The molecule has 0 bridgehead atoms. The molecule has 1 aromatic heterocycles. The average Bonchev–Trinajstić information content (AvgIpc) is 3.61. The fraction of sp³-hybridized carbons (Fsp3) is 0.400. The molecule has 37 heavy (non-hydrogen) atoms. The number of benzene rings is 1. The van der Waals surface area contributed by atoms with Crippen molar-refractivity contribution in [3.05, 3.63) is 47.7 Å². The molecule has 4 rings (SSSR count). The van der Waals surface area contributed by atoms with Gasteiger partial charge in [-0.2, -0.15) is 0 Å². The van der Waals surface area contributed by atoms with Crippen LogP contribution in [0, 0.1) is 24.1 Å². The van der Waals surface area contributed by atoms with Crippen LogP contribution in [0.3, 0.4) is 0 Å². The van der Waals surface area contributed by atoms with Crippen LogP contribution in [0.5, 0.6) is 5.88 Å². The van der Waals surface area contributed by atoms with E-state index in [-0.39, 0.29) is 34.8 Å². The Labute approximate surface area is 217 Å². The monoisotopic (exact) mass is 528 g/mol. The van der Waals surface area contributed by atoms with Gasteiger partial charge in [0, 0.05) is 17.2 Å². The second-order valence-electron chi connectivity index (χ2n) is 9.70. The van der Waals surface area contributed by atoms with Crippen molar-refractivity contribution in [3.63, 3.8) is 0 Å². The number of anilines is 1. The maximum Gasteiger partial charge on any atom is 0.275 e. The SMILES string of the molecule is C#CCOc1cnc(C(=O)Nc2ccc(F)c([C@@]3(C)N=C(N)S[C@@]4(C(=O)NC(C)(C)CF)C[C@H]43)c2)cn1. The average molecular weight is 529 g/mol. The molecule has 2 amide bonds. The number of carbonyl (C=O) groups is 2. The highest BCUT2D eigenvalue weighted by Gasteiger charge is 2.71. The molecule has 0 saturated heterocycles. The number of halogens is 2. The summed E-state index contributed by atoms with van der Waals surface area (Å²) in [6.45, 7) is 4.13. The van der Waals surface area contributed by atoms with Gasteiger partial charge < -0.3 is 21.1 Å². The number of amides is 2. The summed E-state index contributed by atoms with van der Waals surface area (Å²) < 4.78 is 32.6. The number of carbonyl (C=O) groups excluding carboxylic acids is 2. The van der Waals surface area contributed by atoms with Crippen molar-refractivity contribution >= 4 is 34.4 Å². The maximum atomic E-state index is 15.1.